The Morgan fingerprint density at radius 1 is 1.15 bits per heavy atom. The zero-order valence-electron chi connectivity index (χ0n) is 16.1. The Morgan fingerprint density at radius 2 is 1.85 bits per heavy atom. The Hall–Kier alpha value is -2.57. The van der Waals surface area contributed by atoms with Crippen LogP contribution in [0.1, 0.15) is 39.5 Å². The van der Waals surface area contributed by atoms with Crippen molar-refractivity contribution >= 4 is 22.8 Å². The number of piperidine rings is 1. The monoisotopic (exact) mass is 372 g/mol. The van der Waals surface area contributed by atoms with Crippen LogP contribution in [0, 0.1) is 0 Å². The Balaban J connectivity index is 1.67. The number of aryl methyl sites for hydroxylation is 2. The van der Waals surface area contributed by atoms with Crippen LogP contribution < -0.4 is 11.0 Å². The average Bonchev–Trinajstić information content (AvgIpc) is 2.96. The molecule has 7 nitrogen and oxygen atoms in total. The van der Waals surface area contributed by atoms with E-state index in [0.717, 1.165) is 23.9 Å². The number of amides is 2. The largest absolute Gasteiger partial charge is 0.352 e. The fourth-order valence-electron chi connectivity index (χ4n) is 3.81. The summed E-state index contributed by atoms with van der Waals surface area (Å²) in [5, 5.41) is 2.98. The van der Waals surface area contributed by atoms with E-state index in [4.69, 9.17) is 0 Å². The number of carbonyl (C=O) groups excluding carboxylic acids is 2. The molecule has 0 spiro atoms. The van der Waals surface area contributed by atoms with Crippen molar-refractivity contribution < 1.29 is 9.59 Å². The number of carbonyl (C=O) groups is 2. The molecule has 1 N–H and O–H groups in total. The first kappa shape index (κ1) is 19.2. The van der Waals surface area contributed by atoms with E-state index in [0.29, 0.717) is 32.6 Å². The lowest BCUT2D eigenvalue weighted by molar-refractivity contribution is -0.133. The molecule has 0 aliphatic carbocycles. The van der Waals surface area contributed by atoms with Crippen LogP contribution in [0.5, 0.6) is 0 Å². The number of hydrogen-bond donors (Lipinski definition) is 1. The van der Waals surface area contributed by atoms with Gasteiger partial charge in [0.15, 0.2) is 0 Å². The maximum Gasteiger partial charge on any atom is 0.329 e. The van der Waals surface area contributed by atoms with Gasteiger partial charge >= 0.3 is 5.69 Å². The summed E-state index contributed by atoms with van der Waals surface area (Å²) in [7, 11) is 0. The van der Waals surface area contributed by atoms with E-state index in [2.05, 4.69) is 5.32 Å². The molecule has 1 aliphatic rings. The molecule has 1 saturated heterocycles. The summed E-state index contributed by atoms with van der Waals surface area (Å²) in [4.78, 5) is 38.8. The molecule has 1 aromatic heterocycles. The molecule has 0 unspecified atom stereocenters. The number of aromatic nitrogens is 2. The molecule has 1 aliphatic heterocycles. The van der Waals surface area contributed by atoms with E-state index in [9.17, 15) is 14.4 Å². The van der Waals surface area contributed by atoms with Crippen molar-refractivity contribution in [2.24, 2.45) is 0 Å². The zero-order valence-corrected chi connectivity index (χ0v) is 16.1. The predicted molar refractivity (Wildman–Crippen MR) is 105 cm³/mol. The van der Waals surface area contributed by atoms with Crippen LogP contribution in [-0.4, -0.2) is 45.0 Å². The van der Waals surface area contributed by atoms with Gasteiger partial charge in [0.25, 0.3) is 0 Å². The predicted octanol–water partition coefficient (Wildman–Crippen LogP) is 1.73. The fourth-order valence-corrected chi connectivity index (χ4v) is 3.81. The molecule has 0 radical (unpaired) electrons. The number of fused-ring (bicyclic) bond motifs is 1. The minimum Gasteiger partial charge on any atom is -0.352 e. The number of para-hydroxylation sites is 2. The SMILES string of the molecule is CCC(=O)N[C@H]1CCCN(C(=O)CCn2c(=O)n(CC)c3ccccc32)C1. The summed E-state index contributed by atoms with van der Waals surface area (Å²) in [5.74, 6) is 0.0545. The molecule has 1 atom stereocenters. The minimum absolute atomic E-state index is 0.0215. The fraction of sp³-hybridized carbons (Fsp3) is 0.550. The summed E-state index contributed by atoms with van der Waals surface area (Å²) in [6.45, 7) is 6.01. The van der Waals surface area contributed by atoms with E-state index in [1.54, 1.807) is 9.13 Å². The third kappa shape index (κ3) is 4.07. The smallest absolute Gasteiger partial charge is 0.329 e. The van der Waals surface area contributed by atoms with E-state index >= 15 is 0 Å². The van der Waals surface area contributed by atoms with Crippen molar-refractivity contribution in [3.05, 3.63) is 34.7 Å². The molecule has 7 heteroatoms. The maximum absolute atomic E-state index is 12.7. The second-order valence-corrected chi connectivity index (χ2v) is 7.02. The Kier molecular flexibility index (Phi) is 5.98. The van der Waals surface area contributed by atoms with Crippen LogP contribution in [0.15, 0.2) is 29.1 Å². The van der Waals surface area contributed by atoms with Gasteiger partial charge < -0.3 is 10.2 Å². The highest BCUT2D eigenvalue weighted by Crippen LogP contribution is 2.15. The first-order chi connectivity index (χ1) is 13.0. The first-order valence-electron chi connectivity index (χ1n) is 9.80. The Morgan fingerprint density at radius 3 is 2.52 bits per heavy atom. The Bertz CT molecular complexity index is 883. The lowest BCUT2D eigenvalue weighted by atomic mass is 10.1. The molecular weight excluding hydrogens is 344 g/mol. The van der Waals surface area contributed by atoms with Gasteiger partial charge in [0.05, 0.1) is 11.0 Å². The number of nitrogens with zero attached hydrogens (tertiary/aromatic N) is 3. The van der Waals surface area contributed by atoms with Gasteiger partial charge in [0, 0.05) is 45.1 Å². The van der Waals surface area contributed by atoms with Crippen molar-refractivity contribution in [1.29, 1.82) is 0 Å². The third-order valence-corrected chi connectivity index (χ3v) is 5.25. The van der Waals surface area contributed by atoms with E-state index in [1.165, 1.54) is 0 Å². The van der Waals surface area contributed by atoms with Crippen molar-refractivity contribution in [3.63, 3.8) is 0 Å². The summed E-state index contributed by atoms with van der Waals surface area (Å²) in [6.07, 6.45) is 2.52. The standard InChI is InChI=1S/C20H28N4O3/c1-3-18(25)21-15-8-7-12-22(14-15)19(26)11-13-24-17-10-6-5-9-16(17)23(4-2)20(24)27/h5-6,9-10,15H,3-4,7-8,11-14H2,1-2H3,(H,21,25)/t15-/m0/s1. The third-order valence-electron chi connectivity index (χ3n) is 5.25. The van der Waals surface area contributed by atoms with E-state index in [1.807, 2.05) is 43.0 Å². The van der Waals surface area contributed by atoms with Gasteiger partial charge in [-0.1, -0.05) is 19.1 Å². The summed E-state index contributed by atoms with van der Waals surface area (Å²) in [6, 6.07) is 7.71. The van der Waals surface area contributed by atoms with Gasteiger partial charge in [0.2, 0.25) is 11.8 Å². The molecule has 27 heavy (non-hydrogen) atoms. The van der Waals surface area contributed by atoms with Crippen LogP contribution in [0.3, 0.4) is 0 Å². The number of rotatable bonds is 6. The van der Waals surface area contributed by atoms with Gasteiger partial charge in [0.1, 0.15) is 0 Å². The van der Waals surface area contributed by atoms with Crippen molar-refractivity contribution in [1.82, 2.24) is 19.4 Å². The molecule has 0 bridgehead atoms. The number of hydrogen-bond acceptors (Lipinski definition) is 3. The molecule has 1 aromatic carbocycles. The topological polar surface area (TPSA) is 76.3 Å². The first-order valence-corrected chi connectivity index (χ1v) is 9.80. The van der Waals surface area contributed by atoms with Gasteiger partial charge in [-0.15, -0.1) is 0 Å². The summed E-state index contributed by atoms with van der Waals surface area (Å²) >= 11 is 0. The van der Waals surface area contributed by atoms with Gasteiger partial charge in [-0.3, -0.25) is 18.7 Å². The van der Waals surface area contributed by atoms with Crippen molar-refractivity contribution in [2.45, 2.75) is 58.7 Å². The van der Waals surface area contributed by atoms with Crippen LogP contribution in [0.25, 0.3) is 11.0 Å². The van der Waals surface area contributed by atoms with Crippen LogP contribution in [0.4, 0.5) is 0 Å². The normalized spacial score (nSPS) is 17.3. The van der Waals surface area contributed by atoms with Gasteiger partial charge in [-0.05, 0) is 31.9 Å². The van der Waals surface area contributed by atoms with E-state index < -0.39 is 0 Å². The minimum atomic E-state index is -0.0711. The second kappa shape index (κ2) is 8.41. The number of likely N-dealkylation sites (tertiary alicyclic amines) is 1. The number of benzene rings is 1. The summed E-state index contributed by atoms with van der Waals surface area (Å²) in [5.41, 5.74) is 1.69. The van der Waals surface area contributed by atoms with Crippen molar-refractivity contribution in [3.8, 4) is 0 Å². The molecule has 0 saturated carbocycles. The molecule has 1 fully saturated rings. The van der Waals surface area contributed by atoms with Crippen LogP contribution in [0.2, 0.25) is 0 Å². The molecule has 2 amide bonds. The molecular formula is C20H28N4O3. The summed E-state index contributed by atoms with van der Waals surface area (Å²) < 4.78 is 3.42. The van der Waals surface area contributed by atoms with Crippen LogP contribution in [-0.2, 0) is 22.7 Å². The average molecular weight is 372 g/mol. The van der Waals surface area contributed by atoms with Crippen LogP contribution >= 0.6 is 0 Å². The highest BCUT2D eigenvalue weighted by atomic mass is 16.2. The molecule has 3 rings (SSSR count). The lowest BCUT2D eigenvalue weighted by Crippen LogP contribution is -2.49. The highest BCUT2D eigenvalue weighted by Gasteiger charge is 2.24. The van der Waals surface area contributed by atoms with Gasteiger partial charge in [-0.2, -0.15) is 0 Å². The van der Waals surface area contributed by atoms with Crippen molar-refractivity contribution in [2.75, 3.05) is 13.1 Å². The quantitative estimate of drug-likeness (QED) is 0.839. The number of nitrogens with one attached hydrogen (secondary N) is 1. The Labute approximate surface area is 158 Å². The maximum atomic E-state index is 12.7. The molecule has 2 aromatic rings. The lowest BCUT2D eigenvalue weighted by Gasteiger charge is -2.33. The molecule has 2 heterocycles. The molecule has 146 valence electrons. The zero-order chi connectivity index (χ0) is 19.4. The van der Waals surface area contributed by atoms with E-state index in [-0.39, 0.29) is 30.0 Å². The highest BCUT2D eigenvalue weighted by molar-refractivity contribution is 5.79. The van der Waals surface area contributed by atoms with Gasteiger partial charge in [-0.25, -0.2) is 4.79 Å². The second-order valence-electron chi connectivity index (χ2n) is 7.02. The number of imidazole rings is 1.